The van der Waals surface area contributed by atoms with Crippen LogP contribution in [0.4, 0.5) is 0 Å². The second-order valence-corrected chi connectivity index (χ2v) is 4.69. The summed E-state index contributed by atoms with van der Waals surface area (Å²) >= 11 is 0. The highest BCUT2D eigenvalue weighted by Gasteiger charge is 2.29. The minimum Gasteiger partial charge on any atom is -0.314 e. The van der Waals surface area contributed by atoms with Crippen molar-refractivity contribution in [3.05, 3.63) is 0 Å². The molecule has 0 aromatic carbocycles. The van der Waals surface area contributed by atoms with E-state index in [1.54, 1.807) is 0 Å². The summed E-state index contributed by atoms with van der Waals surface area (Å²) in [6.45, 7) is 8.08. The molecule has 0 radical (unpaired) electrons. The van der Waals surface area contributed by atoms with Gasteiger partial charge >= 0.3 is 0 Å². The summed E-state index contributed by atoms with van der Waals surface area (Å²) in [6.07, 6.45) is 8.50. The third kappa shape index (κ3) is 2.98. The molecule has 1 saturated carbocycles. The smallest absolute Gasteiger partial charge is 0.00978 e. The van der Waals surface area contributed by atoms with Gasteiger partial charge in [0.05, 0.1) is 0 Å². The maximum absolute atomic E-state index is 3.68. The monoisotopic (exact) mass is 197 g/mol. The molecule has 1 heteroatoms. The number of hydrogen-bond donors (Lipinski definition) is 1. The first-order chi connectivity index (χ1) is 6.83. The van der Waals surface area contributed by atoms with Crippen molar-refractivity contribution in [2.24, 2.45) is 11.8 Å². The van der Waals surface area contributed by atoms with Gasteiger partial charge in [-0.25, -0.2) is 0 Å². The molecule has 0 amide bonds. The average Bonchev–Trinajstić information content (AvgIpc) is 2.23. The summed E-state index contributed by atoms with van der Waals surface area (Å²) in [5, 5.41) is 3.68. The molecule has 0 saturated heterocycles. The summed E-state index contributed by atoms with van der Waals surface area (Å²) in [7, 11) is 0. The Morgan fingerprint density at radius 3 is 2.29 bits per heavy atom. The van der Waals surface area contributed by atoms with E-state index in [2.05, 4.69) is 26.1 Å². The maximum Gasteiger partial charge on any atom is 0.00978 e. The van der Waals surface area contributed by atoms with Crippen LogP contribution in [0.25, 0.3) is 0 Å². The van der Waals surface area contributed by atoms with E-state index in [1.807, 2.05) is 0 Å². The average molecular weight is 197 g/mol. The first-order valence-electron chi connectivity index (χ1n) is 6.56. The zero-order valence-electron chi connectivity index (χ0n) is 10.2. The van der Waals surface area contributed by atoms with Gasteiger partial charge in [-0.15, -0.1) is 0 Å². The summed E-state index contributed by atoms with van der Waals surface area (Å²) in [5.74, 6) is 1.91. The van der Waals surface area contributed by atoms with Gasteiger partial charge in [0.2, 0.25) is 0 Å². The Labute approximate surface area is 89.7 Å². The Kier molecular flexibility index (Phi) is 5.54. The summed E-state index contributed by atoms with van der Waals surface area (Å²) in [4.78, 5) is 0. The molecule has 0 aromatic rings. The lowest BCUT2D eigenvalue weighted by Gasteiger charge is -2.37. The van der Waals surface area contributed by atoms with Crippen molar-refractivity contribution in [1.29, 1.82) is 0 Å². The standard InChI is InChI=1S/C13H27N/c1-4-11(5-2)12-9-7-8-10-13(12)14-6-3/h11-14H,4-10H2,1-3H3. The molecule has 1 N–H and O–H groups in total. The Morgan fingerprint density at radius 2 is 1.71 bits per heavy atom. The molecule has 0 heterocycles. The highest BCUT2D eigenvalue weighted by molar-refractivity contribution is 4.84. The van der Waals surface area contributed by atoms with Crippen molar-refractivity contribution in [2.45, 2.75) is 65.3 Å². The Bertz CT molecular complexity index is 138. The topological polar surface area (TPSA) is 12.0 Å². The molecule has 1 nitrogen and oxygen atoms in total. The minimum atomic E-state index is 0.818. The van der Waals surface area contributed by atoms with Gasteiger partial charge in [-0.3, -0.25) is 0 Å². The van der Waals surface area contributed by atoms with E-state index in [0.29, 0.717) is 0 Å². The van der Waals surface area contributed by atoms with Crippen LogP contribution in [0, 0.1) is 11.8 Å². The van der Waals surface area contributed by atoms with Crippen LogP contribution in [0.3, 0.4) is 0 Å². The van der Waals surface area contributed by atoms with Crippen molar-refractivity contribution in [2.75, 3.05) is 6.54 Å². The molecule has 0 bridgehead atoms. The molecule has 1 aliphatic rings. The normalized spacial score (nSPS) is 28.3. The van der Waals surface area contributed by atoms with Crippen molar-refractivity contribution in [1.82, 2.24) is 5.32 Å². The van der Waals surface area contributed by atoms with Gasteiger partial charge in [-0.1, -0.05) is 46.5 Å². The molecule has 2 unspecified atom stereocenters. The number of rotatable bonds is 5. The SMILES string of the molecule is CCNC1CCCCC1C(CC)CC. The maximum atomic E-state index is 3.68. The van der Waals surface area contributed by atoms with Crippen molar-refractivity contribution >= 4 is 0 Å². The van der Waals surface area contributed by atoms with Gasteiger partial charge in [-0.05, 0) is 31.2 Å². The van der Waals surface area contributed by atoms with Crippen LogP contribution < -0.4 is 5.32 Å². The molecule has 1 rings (SSSR count). The minimum absolute atomic E-state index is 0.818. The van der Waals surface area contributed by atoms with Crippen LogP contribution in [0.1, 0.15) is 59.3 Å². The van der Waals surface area contributed by atoms with E-state index in [4.69, 9.17) is 0 Å². The molecule has 0 aliphatic heterocycles. The molecular formula is C13H27N. The van der Waals surface area contributed by atoms with Crippen molar-refractivity contribution in [3.63, 3.8) is 0 Å². The Hall–Kier alpha value is -0.0400. The van der Waals surface area contributed by atoms with Gasteiger partial charge in [0.25, 0.3) is 0 Å². The van der Waals surface area contributed by atoms with E-state index >= 15 is 0 Å². The van der Waals surface area contributed by atoms with E-state index in [-0.39, 0.29) is 0 Å². The van der Waals surface area contributed by atoms with Crippen LogP contribution in [-0.4, -0.2) is 12.6 Å². The van der Waals surface area contributed by atoms with Crippen LogP contribution in [0.2, 0.25) is 0 Å². The highest BCUT2D eigenvalue weighted by atomic mass is 14.9. The highest BCUT2D eigenvalue weighted by Crippen LogP contribution is 2.33. The molecule has 0 spiro atoms. The van der Waals surface area contributed by atoms with E-state index < -0.39 is 0 Å². The molecule has 14 heavy (non-hydrogen) atoms. The predicted octanol–water partition coefficient (Wildman–Crippen LogP) is 3.59. The van der Waals surface area contributed by atoms with Crippen LogP contribution in [0.15, 0.2) is 0 Å². The molecular weight excluding hydrogens is 170 g/mol. The molecule has 1 aliphatic carbocycles. The lowest BCUT2D eigenvalue weighted by atomic mass is 9.74. The van der Waals surface area contributed by atoms with Gasteiger partial charge in [-0.2, -0.15) is 0 Å². The van der Waals surface area contributed by atoms with E-state index in [1.165, 1.54) is 38.5 Å². The lowest BCUT2D eigenvalue weighted by molar-refractivity contribution is 0.178. The summed E-state index contributed by atoms with van der Waals surface area (Å²) in [6, 6.07) is 0.818. The van der Waals surface area contributed by atoms with E-state index in [9.17, 15) is 0 Å². The predicted molar refractivity (Wildman–Crippen MR) is 63.5 cm³/mol. The van der Waals surface area contributed by atoms with Crippen LogP contribution in [-0.2, 0) is 0 Å². The third-order valence-corrected chi connectivity index (χ3v) is 3.94. The second-order valence-electron chi connectivity index (χ2n) is 4.69. The second kappa shape index (κ2) is 6.44. The van der Waals surface area contributed by atoms with Crippen molar-refractivity contribution in [3.8, 4) is 0 Å². The van der Waals surface area contributed by atoms with Gasteiger partial charge < -0.3 is 5.32 Å². The fourth-order valence-corrected chi connectivity index (χ4v) is 3.13. The number of nitrogens with one attached hydrogen (secondary N) is 1. The van der Waals surface area contributed by atoms with Crippen LogP contribution in [0.5, 0.6) is 0 Å². The van der Waals surface area contributed by atoms with Gasteiger partial charge in [0.1, 0.15) is 0 Å². The zero-order chi connectivity index (χ0) is 10.4. The first-order valence-corrected chi connectivity index (χ1v) is 6.56. The Balaban J connectivity index is 2.51. The Morgan fingerprint density at radius 1 is 1.07 bits per heavy atom. The van der Waals surface area contributed by atoms with Crippen LogP contribution >= 0.6 is 0 Å². The number of hydrogen-bond acceptors (Lipinski definition) is 1. The first kappa shape index (κ1) is 12.0. The van der Waals surface area contributed by atoms with E-state index in [0.717, 1.165) is 24.4 Å². The van der Waals surface area contributed by atoms with Gasteiger partial charge in [0.15, 0.2) is 0 Å². The van der Waals surface area contributed by atoms with Crippen molar-refractivity contribution < 1.29 is 0 Å². The molecule has 84 valence electrons. The molecule has 2 atom stereocenters. The fourth-order valence-electron chi connectivity index (χ4n) is 3.13. The summed E-state index contributed by atoms with van der Waals surface area (Å²) in [5.41, 5.74) is 0. The zero-order valence-corrected chi connectivity index (χ0v) is 10.2. The van der Waals surface area contributed by atoms with Gasteiger partial charge in [0, 0.05) is 6.04 Å². The quantitative estimate of drug-likeness (QED) is 0.710. The molecule has 1 fully saturated rings. The third-order valence-electron chi connectivity index (χ3n) is 3.94. The lowest BCUT2D eigenvalue weighted by Crippen LogP contribution is -2.41. The molecule has 0 aromatic heterocycles. The fraction of sp³-hybridized carbons (Fsp3) is 1.00. The summed E-state index contributed by atoms with van der Waals surface area (Å²) < 4.78 is 0. The largest absolute Gasteiger partial charge is 0.314 e.